The van der Waals surface area contributed by atoms with Gasteiger partial charge in [-0.3, -0.25) is 0 Å². The minimum absolute atomic E-state index is 0.137. The topological polar surface area (TPSA) is 13.1 Å². The molecule has 1 aliphatic heterocycles. The van der Waals surface area contributed by atoms with Crippen molar-refractivity contribution in [1.29, 1.82) is 0 Å². The molecular weight excluding hydrogens is 462 g/mol. The molecule has 0 N–H and O–H groups in total. The first-order valence-electron chi connectivity index (χ1n) is 14.3. The van der Waals surface area contributed by atoms with Crippen molar-refractivity contribution >= 4 is 32.3 Å². The normalized spacial score (nSPS) is 15.4. The van der Waals surface area contributed by atoms with Crippen LogP contribution in [0.15, 0.2) is 54.7 Å². The first-order valence-corrected chi connectivity index (χ1v) is 14.3. The van der Waals surface area contributed by atoms with Gasteiger partial charge >= 0.3 is 0 Å². The third-order valence-corrected chi connectivity index (χ3v) is 8.99. The molecule has 2 heterocycles. The molecule has 0 unspecified atom stereocenters. The molecule has 0 radical (unpaired) electrons. The summed E-state index contributed by atoms with van der Waals surface area (Å²) in [4.78, 5) is 0. The number of nitrogens with zero attached hydrogens (tertiary/aromatic N) is 1. The van der Waals surface area contributed by atoms with Crippen molar-refractivity contribution in [1.82, 2.24) is 0 Å². The van der Waals surface area contributed by atoms with E-state index in [0.717, 1.165) is 17.9 Å². The second-order valence-corrected chi connectivity index (χ2v) is 13.1. The molecule has 4 aromatic carbocycles. The number of hydrogen-bond donors (Lipinski definition) is 0. The highest BCUT2D eigenvalue weighted by Gasteiger charge is 2.34. The van der Waals surface area contributed by atoms with Crippen molar-refractivity contribution in [2.75, 3.05) is 0 Å². The fraction of sp³-hybridized carbons (Fsp3) is 0.361. The quantitative estimate of drug-likeness (QED) is 0.170. The Hall–Kier alpha value is -3.39. The van der Waals surface area contributed by atoms with E-state index in [4.69, 9.17) is 4.74 Å². The Bertz CT molecular complexity index is 1780. The zero-order valence-corrected chi connectivity index (χ0v) is 23.7. The molecule has 38 heavy (non-hydrogen) atoms. The zero-order valence-electron chi connectivity index (χ0n) is 23.7. The maximum atomic E-state index is 7.06. The lowest BCUT2D eigenvalue weighted by Crippen LogP contribution is -2.32. The van der Waals surface area contributed by atoms with Gasteiger partial charge in [-0.15, -0.1) is 0 Å². The molecule has 1 aliphatic carbocycles. The average Bonchev–Trinajstić information content (AvgIpc) is 3.42. The van der Waals surface area contributed by atoms with Gasteiger partial charge in [0.2, 0.25) is 5.69 Å². The van der Waals surface area contributed by atoms with Crippen LogP contribution in [-0.2, 0) is 13.5 Å². The van der Waals surface area contributed by atoms with E-state index in [1.54, 1.807) is 0 Å². The van der Waals surface area contributed by atoms with Crippen molar-refractivity contribution < 1.29 is 9.30 Å². The van der Waals surface area contributed by atoms with E-state index in [0.29, 0.717) is 5.92 Å². The van der Waals surface area contributed by atoms with Gasteiger partial charge in [0.25, 0.3) is 0 Å². The second kappa shape index (κ2) is 8.30. The Balaban J connectivity index is 1.57. The van der Waals surface area contributed by atoms with Crippen molar-refractivity contribution in [2.45, 2.75) is 72.6 Å². The lowest BCUT2D eigenvalue weighted by molar-refractivity contribution is -0.659. The number of aromatic nitrogens is 1. The summed E-state index contributed by atoms with van der Waals surface area (Å²) >= 11 is 0. The summed E-state index contributed by atoms with van der Waals surface area (Å²) in [6, 6.07) is 18.7. The first kappa shape index (κ1) is 23.7. The van der Waals surface area contributed by atoms with Gasteiger partial charge in [0.15, 0.2) is 6.20 Å². The largest absolute Gasteiger partial charge is 0.455 e. The molecule has 0 atom stereocenters. The Morgan fingerprint density at radius 2 is 1.63 bits per heavy atom. The van der Waals surface area contributed by atoms with Crippen molar-refractivity contribution in [2.24, 2.45) is 12.5 Å². The van der Waals surface area contributed by atoms with Crippen molar-refractivity contribution in [3.63, 3.8) is 0 Å². The average molecular weight is 501 g/mol. The molecule has 7 rings (SSSR count). The molecular formula is C36H38NO+. The lowest BCUT2D eigenvalue weighted by atomic mass is 9.81. The number of pyridine rings is 1. The Morgan fingerprint density at radius 3 is 2.39 bits per heavy atom. The van der Waals surface area contributed by atoms with E-state index in [1.165, 1.54) is 91.5 Å². The molecule has 192 valence electrons. The van der Waals surface area contributed by atoms with Gasteiger partial charge in [-0.1, -0.05) is 75.6 Å². The van der Waals surface area contributed by atoms with Gasteiger partial charge < -0.3 is 4.74 Å². The summed E-state index contributed by atoms with van der Waals surface area (Å²) in [5, 5.41) is 7.81. The summed E-state index contributed by atoms with van der Waals surface area (Å²) in [6.07, 6.45) is 8.55. The molecule has 5 aromatic rings. The number of benzene rings is 4. The molecule has 0 amide bonds. The predicted molar refractivity (Wildman–Crippen MR) is 159 cm³/mol. The third kappa shape index (κ3) is 3.56. The van der Waals surface area contributed by atoms with Crippen molar-refractivity contribution in [3.8, 4) is 22.8 Å². The molecule has 2 nitrogen and oxygen atoms in total. The molecule has 1 aromatic heterocycles. The maximum Gasteiger partial charge on any atom is 0.228 e. The fourth-order valence-electron chi connectivity index (χ4n) is 7.20. The number of fused-ring (bicyclic) bond motifs is 5. The van der Waals surface area contributed by atoms with Gasteiger partial charge in [0.1, 0.15) is 18.5 Å². The highest BCUT2D eigenvalue weighted by atomic mass is 16.5. The van der Waals surface area contributed by atoms with Gasteiger partial charge in [-0.2, -0.15) is 0 Å². The van der Waals surface area contributed by atoms with Crippen LogP contribution < -0.4 is 9.30 Å². The monoisotopic (exact) mass is 500 g/mol. The Kier molecular flexibility index (Phi) is 5.18. The highest BCUT2D eigenvalue weighted by molar-refractivity contribution is 6.16. The van der Waals surface area contributed by atoms with E-state index in [9.17, 15) is 0 Å². The lowest BCUT2D eigenvalue weighted by Gasteiger charge is -2.28. The second-order valence-electron chi connectivity index (χ2n) is 13.1. The summed E-state index contributed by atoms with van der Waals surface area (Å²) in [5.41, 5.74) is 8.09. The molecule has 2 aliphatic rings. The van der Waals surface area contributed by atoms with Crippen LogP contribution in [0.3, 0.4) is 0 Å². The Morgan fingerprint density at radius 1 is 0.868 bits per heavy atom. The smallest absolute Gasteiger partial charge is 0.228 e. The van der Waals surface area contributed by atoms with Crippen LogP contribution in [0.2, 0.25) is 0 Å². The molecule has 0 saturated heterocycles. The van der Waals surface area contributed by atoms with Gasteiger partial charge in [-0.05, 0) is 83.2 Å². The highest BCUT2D eigenvalue weighted by Crippen LogP contribution is 2.53. The van der Waals surface area contributed by atoms with Crippen molar-refractivity contribution in [3.05, 3.63) is 77.0 Å². The molecule has 2 heteroatoms. The van der Waals surface area contributed by atoms with Crippen LogP contribution in [0.1, 0.15) is 74.6 Å². The summed E-state index contributed by atoms with van der Waals surface area (Å²) in [7, 11) is 2.18. The third-order valence-electron chi connectivity index (χ3n) is 8.99. The van der Waals surface area contributed by atoms with E-state index < -0.39 is 0 Å². The first-order chi connectivity index (χ1) is 18.2. The molecule has 0 spiro atoms. The summed E-state index contributed by atoms with van der Waals surface area (Å²) in [6.45, 7) is 11.5. The van der Waals surface area contributed by atoms with Gasteiger partial charge in [-0.25, -0.2) is 4.57 Å². The van der Waals surface area contributed by atoms with Crippen LogP contribution in [0.25, 0.3) is 43.6 Å². The minimum atomic E-state index is 0.137. The summed E-state index contributed by atoms with van der Waals surface area (Å²) in [5.74, 6) is 2.75. The van der Waals surface area contributed by atoms with E-state index >= 15 is 0 Å². The number of hydrogen-bond acceptors (Lipinski definition) is 1. The maximum absolute atomic E-state index is 7.06. The van der Waals surface area contributed by atoms with Crippen LogP contribution in [-0.4, -0.2) is 0 Å². The summed E-state index contributed by atoms with van der Waals surface area (Å²) < 4.78 is 9.37. The molecule has 0 bridgehead atoms. The number of rotatable bonds is 2. The Labute approximate surface area is 226 Å². The SMILES string of the molecule is Cc1ccc2c(CC(C)(C)C)c3c(c(C)c2c1)-c1c2c(cc4cc(C5CCCC5)ccc4c2cc[n+]1C)O3. The zero-order chi connectivity index (χ0) is 26.3. The molecule has 1 saturated carbocycles. The molecule has 1 fully saturated rings. The number of aryl methyl sites for hydroxylation is 3. The number of ether oxygens (including phenoxy) is 1. The van der Waals surface area contributed by atoms with Crippen LogP contribution >= 0.6 is 0 Å². The van der Waals surface area contributed by atoms with Crippen LogP contribution in [0.4, 0.5) is 0 Å². The van der Waals surface area contributed by atoms with Gasteiger partial charge in [0, 0.05) is 17.0 Å². The standard InChI is InChI=1S/C36H38NO/c1-21-11-13-27-29(17-21)22(2)32-34-33-28(15-16-37(34)6)26-14-12-24(23-9-7-8-10-23)18-25(26)19-31(33)38-35(32)30(27)20-36(3,4)5/h11-19,23H,7-10,20H2,1-6H3/q+1. The van der Waals surface area contributed by atoms with Gasteiger partial charge in [0.05, 0.1) is 10.9 Å². The predicted octanol–water partition coefficient (Wildman–Crippen LogP) is 9.61. The van der Waals surface area contributed by atoms with E-state index in [2.05, 4.69) is 101 Å². The van der Waals surface area contributed by atoms with E-state index in [-0.39, 0.29) is 5.41 Å². The van der Waals surface area contributed by atoms with E-state index in [1.807, 2.05) is 0 Å². The fourth-order valence-corrected chi connectivity index (χ4v) is 7.20. The van der Waals surface area contributed by atoms with Crippen LogP contribution in [0.5, 0.6) is 11.5 Å². The van der Waals surface area contributed by atoms with Crippen LogP contribution in [0, 0.1) is 19.3 Å². The minimum Gasteiger partial charge on any atom is -0.455 e.